The Morgan fingerprint density at radius 2 is 1.97 bits per heavy atom. The molecule has 1 atom stereocenters. The molecule has 0 saturated heterocycles. The molecule has 0 saturated carbocycles. The number of hydrogen-bond acceptors (Lipinski definition) is 4. The molecule has 0 bridgehead atoms. The molecule has 35 heavy (non-hydrogen) atoms. The van der Waals surface area contributed by atoms with E-state index >= 15 is 0 Å². The van der Waals surface area contributed by atoms with E-state index in [4.69, 9.17) is 9.84 Å². The largest absolute Gasteiger partial charge is 0.383 e. The van der Waals surface area contributed by atoms with Crippen molar-refractivity contribution in [3.8, 4) is 5.69 Å². The van der Waals surface area contributed by atoms with Crippen molar-refractivity contribution in [3.05, 3.63) is 82.9 Å². The zero-order chi connectivity index (χ0) is 24.8. The van der Waals surface area contributed by atoms with Crippen molar-refractivity contribution in [3.63, 3.8) is 0 Å². The molecule has 2 aromatic carbocycles. The fraction of sp³-hybridized carbons (Fsp3) is 0.429. The molecule has 0 radical (unpaired) electrons. The van der Waals surface area contributed by atoms with Gasteiger partial charge in [-0.3, -0.25) is 9.69 Å². The summed E-state index contributed by atoms with van der Waals surface area (Å²) < 4.78 is 21.3. The maximum absolute atomic E-state index is 14.0. The summed E-state index contributed by atoms with van der Waals surface area (Å²) in [4.78, 5) is 18.0. The van der Waals surface area contributed by atoms with Crippen LogP contribution < -0.4 is 0 Å². The van der Waals surface area contributed by atoms with Crippen LogP contribution in [0.5, 0.6) is 0 Å². The number of aromatic nitrogens is 2. The van der Waals surface area contributed by atoms with Crippen LogP contribution in [0, 0.1) is 5.82 Å². The molecule has 0 fully saturated rings. The summed E-state index contributed by atoms with van der Waals surface area (Å²) in [6.45, 7) is 8.19. The van der Waals surface area contributed by atoms with Crippen LogP contribution >= 0.6 is 0 Å². The first kappa shape index (κ1) is 25.1. The Balaban J connectivity index is 1.70. The van der Waals surface area contributed by atoms with Crippen molar-refractivity contribution in [2.24, 2.45) is 0 Å². The van der Waals surface area contributed by atoms with E-state index in [0.717, 1.165) is 48.6 Å². The molecule has 4 rings (SSSR count). The van der Waals surface area contributed by atoms with Gasteiger partial charge in [0.1, 0.15) is 5.82 Å². The second-order valence-corrected chi connectivity index (χ2v) is 9.01. The van der Waals surface area contributed by atoms with Crippen LogP contribution in [0.1, 0.15) is 48.7 Å². The number of likely N-dealkylation sites (N-methyl/N-ethyl adjacent to an activating group) is 1. The van der Waals surface area contributed by atoms with E-state index in [1.54, 1.807) is 13.2 Å². The van der Waals surface area contributed by atoms with Gasteiger partial charge in [0.05, 0.1) is 36.1 Å². The van der Waals surface area contributed by atoms with Crippen molar-refractivity contribution in [2.75, 3.05) is 33.4 Å². The molecule has 0 aliphatic carbocycles. The lowest BCUT2D eigenvalue weighted by molar-refractivity contribution is -0.134. The van der Waals surface area contributed by atoms with Gasteiger partial charge >= 0.3 is 0 Å². The first-order valence-corrected chi connectivity index (χ1v) is 12.5. The predicted octanol–water partition coefficient (Wildman–Crippen LogP) is 4.56. The second kappa shape index (κ2) is 11.6. The number of amides is 1. The minimum atomic E-state index is -0.287. The summed E-state index contributed by atoms with van der Waals surface area (Å²) in [5.74, 6) is -0.431. The van der Waals surface area contributed by atoms with E-state index in [1.807, 2.05) is 52.9 Å². The van der Waals surface area contributed by atoms with E-state index in [9.17, 15) is 9.18 Å². The van der Waals surface area contributed by atoms with E-state index in [-0.39, 0.29) is 17.6 Å². The molecule has 0 N–H and O–H groups in total. The molecule has 7 heteroatoms. The first-order chi connectivity index (χ1) is 17.0. The normalized spacial score (nSPS) is 14.5. The molecule has 186 valence electrons. The Labute approximate surface area is 207 Å². The molecule has 1 unspecified atom stereocenters. The van der Waals surface area contributed by atoms with Crippen LogP contribution in [-0.4, -0.2) is 58.8 Å². The highest BCUT2D eigenvalue weighted by molar-refractivity contribution is 5.83. The third kappa shape index (κ3) is 5.63. The first-order valence-electron chi connectivity index (χ1n) is 12.5. The van der Waals surface area contributed by atoms with Crippen molar-refractivity contribution in [2.45, 2.75) is 45.7 Å². The number of rotatable bonds is 10. The second-order valence-electron chi connectivity index (χ2n) is 9.01. The van der Waals surface area contributed by atoms with Crippen LogP contribution in [0.15, 0.2) is 54.6 Å². The van der Waals surface area contributed by atoms with Crippen LogP contribution in [0.4, 0.5) is 4.39 Å². The summed E-state index contributed by atoms with van der Waals surface area (Å²) in [6.07, 6.45) is 1.55. The Kier molecular flexibility index (Phi) is 8.31. The molecule has 3 aromatic rings. The molecule has 1 aliphatic heterocycles. The topological polar surface area (TPSA) is 50.6 Å². The molecule has 1 aliphatic rings. The third-order valence-corrected chi connectivity index (χ3v) is 6.85. The lowest BCUT2D eigenvalue weighted by Gasteiger charge is -2.29. The lowest BCUT2D eigenvalue weighted by atomic mass is 9.94. The van der Waals surface area contributed by atoms with E-state index in [0.29, 0.717) is 31.8 Å². The van der Waals surface area contributed by atoms with Crippen LogP contribution in [0.3, 0.4) is 0 Å². The SMILES string of the molecule is CCC(C(=O)N(CCOC)Cc1nn(-c2cccc(F)c2)c2c1CN(CC)CC2)c1ccccc1. The number of methoxy groups -OCH3 is 1. The summed E-state index contributed by atoms with van der Waals surface area (Å²) in [5, 5.41) is 4.95. The molecular weight excluding hydrogens is 443 g/mol. The van der Waals surface area contributed by atoms with Gasteiger partial charge in [-0.1, -0.05) is 50.2 Å². The Morgan fingerprint density at radius 3 is 2.66 bits per heavy atom. The molecule has 6 nitrogen and oxygen atoms in total. The monoisotopic (exact) mass is 478 g/mol. The van der Waals surface area contributed by atoms with Gasteiger partial charge in [-0.05, 0) is 36.7 Å². The number of ether oxygens (including phenoxy) is 1. The van der Waals surface area contributed by atoms with Gasteiger partial charge in [0, 0.05) is 38.7 Å². The number of halogens is 1. The van der Waals surface area contributed by atoms with Crippen LogP contribution in [-0.2, 0) is 29.0 Å². The number of fused-ring (bicyclic) bond motifs is 1. The number of hydrogen-bond donors (Lipinski definition) is 0. The maximum Gasteiger partial charge on any atom is 0.230 e. The smallest absolute Gasteiger partial charge is 0.230 e. The molecule has 1 aromatic heterocycles. The van der Waals surface area contributed by atoms with Crippen molar-refractivity contribution >= 4 is 5.91 Å². The zero-order valence-electron chi connectivity index (χ0n) is 20.9. The van der Waals surface area contributed by atoms with Gasteiger partial charge in [0.15, 0.2) is 0 Å². The average molecular weight is 479 g/mol. The van der Waals surface area contributed by atoms with E-state index < -0.39 is 0 Å². The number of carbonyl (C=O) groups excluding carboxylic acids is 1. The van der Waals surface area contributed by atoms with E-state index in [2.05, 4.69) is 11.8 Å². The van der Waals surface area contributed by atoms with Crippen molar-refractivity contribution in [1.82, 2.24) is 19.6 Å². The number of nitrogens with zero attached hydrogens (tertiary/aromatic N) is 4. The van der Waals surface area contributed by atoms with Gasteiger partial charge in [-0.15, -0.1) is 0 Å². The third-order valence-electron chi connectivity index (χ3n) is 6.85. The van der Waals surface area contributed by atoms with Gasteiger partial charge in [0.2, 0.25) is 5.91 Å². The van der Waals surface area contributed by atoms with Crippen LogP contribution in [0.2, 0.25) is 0 Å². The van der Waals surface area contributed by atoms with Gasteiger partial charge < -0.3 is 9.64 Å². The minimum Gasteiger partial charge on any atom is -0.383 e. The molecule has 1 amide bonds. The van der Waals surface area contributed by atoms with Gasteiger partial charge in [-0.25, -0.2) is 9.07 Å². The van der Waals surface area contributed by atoms with Crippen molar-refractivity contribution in [1.29, 1.82) is 0 Å². The minimum absolute atomic E-state index is 0.0768. The number of benzene rings is 2. The van der Waals surface area contributed by atoms with Crippen molar-refractivity contribution < 1.29 is 13.9 Å². The van der Waals surface area contributed by atoms with E-state index in [1.165, 1.54) is 12.1 Å². The quantitative estimate of drug-likeness (QED) is 0.429. The highest BCUT2D eigenvalue weighted by Gasteiger charge is 2.29. The molecule has 2 heterocycles. The van der Waals surface area contributed by atoms with Gasteiger partial charge in [-0.2, -0.15) is 5.10 Å². The fourth-order valence-electron chi connectivity index (χ4n) is 4.87. The Morgan fingerprint density at radius 1 is 1.17 bits per heavy atom. The Hall–Kier alpha value is -3.03. The molecule has 0 spiro atoms. The average Bonchev–Trinajstić information content (AvgIpc) is 3.25. The zero-order valence-corrected chi connectivity index (χ0v) is 20.9. The maximum atomic E-state index is 14.0. The highest BCUT2D eigenvalue weighted by atomic mass is 19.1. The lowest BCUT2D eigenvalue weighted by Crippen LogP contribution is -2.38. The summed E-state index contributed by atoms with van der Waals surface area (Å²) in [6, 6.07) is 16.5. The summed E-state index contributed by atoms with van der Waals surface area (Å²) in [7, 11) is 1.65. The fourth-order valence-corrected chi connectivity index (χ4v) is 4.87. The predicted molar refractivity (Wildman–Crippen MR) is 135 cm³/mol. The standard InChI is InChI=1S/C28H35FN4O2/c1-4-24(21-10-7-6-8-11-21)28(34)32(16-17-35-3)20-26-25-19-31(5-2)15-14-27(25)33(30-26)23-13-9-12-22(29)18-23/h6-13,18,24H,4-5,14-17,19-20H2,1-3H3. The highest BCUT2D eigenvalue weighted by Crippen LogP contribution is 2.28. The summed E-state index contributed by atoms with van der Waals surface area (Å²) in [5.41, 5.74) is 4.85. The number of carbonyl (C=O) groups is 1. The van der Waals surface area contributed by atoms with Crippen LogP contribution in [0.25, 0.3) is 5.69 Å². The molecular formula is C28H35FN4O2. The summed E-state index contributed by atoms with van der Waals surface area (Å²) >= 11 is 0. The van der Waals surface area contributed by atoms with Gasteiger partial charge in [0.25, 0.3) is 0 Å². The Bertz CT molecular complexity index is 1130.